The Kier molecular flexibility index (Phi) is 4.93. The maximum absolute atomic E-state index is 12.3. The fourth-order valence-corrected chi connectivity index (χ4v) is 2.35. The smallest absolute Gasteiger partial charge is 0.176 e. The second kappa shape index (κ2) is 6.68. The fourth-order valence-electron chi connectivity index (χ4n) is 2.35. The number of methoxy groups -OCH3 is 1. The van der Waals surface area contributed by atoms with Crippen molar-refractivity contribution < 1.29 is 14.3 Å². The summed E-state index contributed by atoms with van der Waals surface area (Å²) in [5.74, 6) is 0.860. The van der Waals surface area contributed by atoms with Gasteiger partial charge in [0.2, 0.25) is 0 Å². The van der Waals surface area contributed by atoms with E-state index in [-0.39, 0.29) is 5.78 Å². The summed E-state index contributed by atoms with van der Waals surface area (Å²) >= 11 is 0. The molecular formula is C15H21NO3. The third-order valence-corrected chi connectivity index (χ3v) is 3.56. The number of morpholine rings is 1. The molecule has 1 atom stereocenters. The number of rotatable bonds is 5. The van der Waals surface area contributed by atoms with Crippen molar-refractivity contribution >= 4 is 5.78 Å². The van der Waals surface area contributed by atoms with E-state index in [0.29, 0.717) is 24.8 Å². The number of Topliss-reactive ketones (excluding diaryl/α,β-unsaturated/α-hetero) is 1. The van der Waals surface area contributed by atoms with Crippen LogP contribution in [-0.2, 0) is 4.74 Å². The van der Waals surface area contributed by atoms with Gasteiger partial charge in [0.05, 0.1) is 26.9 Å². The SMILES string of the molecule is CCC1COCCN1CC(=O)c1cccc(OC)c1. The molecule has 19 heavy (non-hydrogen) atoms. The Balaban J connectivity index is 2.02. The molecule has 4 heteroatoms. The summed E-state index contributed by atoms with van der Waals surface area (Å²) in [7, 11) is 1.61. The summed E-state index contributed by atoms with van der Waals surface area (Å²) in [5.41, 5.74) is 0.709. The molecule has 1 heterocycles. The average molecular weight is 263 g/mol. The normalized spacial score (nSPS) is 20.2. The largest absolute Gasteiger partial charge is 0.497 e. The van der Waals surface area contributed by atoms with E-state index in [2.05, 4.69) is 11.8 Å². The molecule has 0 aliphatic carbocycles. The lowest BCUT2D eigenvalue weighted by atomic mass is 10.1. The number of ether oxygens (including phenoxy) is 2. The van der Waals surface area contributed by atoms with Crippen LogP contribution in [0.5, 0.6) is 5.75 Å². The molecule has 1 aliphatic heterocycles. The highest BCUT2D eigenvalue weighted by molar-refractivity contribution is 5.98. The number of hydrogen-bond acceptors (Lipinski definition) is 4. The lowest BCUT2D eigenvalue weighted by molar-refractivity contribution is -0.00585. The van der Waals surface area contributed by atoms with Gasteiger partial charge >= 0.3 is 0 Å². The van der Waals surface area contributed by atoms with Gasteiger partial charge in [0.1, 0.15) is 5.75 Å². The van der Waals surface area contributed by atoms with E-state index in [1.807, 2.05) is 18.2 Å². The zero-order valence-corrected chi connectivity index (χ0v) is 11.6. The lowest BCUT2D eigenvalue weighted by Gasteiger charge is -2.34. The molecule has 4 nitrogen and oxygen atoms in total. The third kappa shape index (κ3) is 3.55. The number of hydrogen-bond donors (Lipinski definition) is 0. The van der Waals surface area contributed by atoms with E-state index in [4.69, 9.17) is 9.47 Å². The van der Waals surface area contributed by atoms with Crippen molar-refractivity contribution in [1.82, 2.24) is 4.90 Å². The molecule has 0 N–H and O–H groups in total. The van der Waals surface area contributed by atoms with Crippen LogP contribution in [0.4, 0.5) is 0 Å². The van der Waals surface area contributed by atoms with E-state index in [1.165, 1.54) is 0 Å². The number of benzene rings is 1. The summed E-state index contributed by atoms with van der Waals surface area (Å²) in [6.07, 6.45) is 1.01. The minimum Gasteiger partial charge on any atom is -0.497 e. The molecule has 1 aromatic rings. The van der Waals surface area contributed by atoms with Gasteiger partial charge in [-0.25, -0.2) is 0 Å². The Hall–Kier alpha value is -1.39. The predicted molar refractivity (Wildman–Crippen MR) is 73.8 cm³/mol. The molecule has 1 aromatic carbocycles. The maximum Gasteiger partial charge on any atom is 0.176 e. The highest BCUT2D eigenvalue weighted by Crippen LogP contribution is 2.15. The predicted octanol–water partition coefficient (Wildman–Crippen LogP) is 1.99. The van der Waals surface area contributed by atoms with E-state index in [1.54, 1.807) is 13.2 Å². The van der Waals surface area contributed by atoms with Crippen LogP contribution in [0.3, 0.4) is 0 Å². The first-order valence-corrected chi connectivity index (χ1v) is 6.73. The third-order valence-electron chi connectivity index (χ3n) is 3.56. The van der Waals surface area contributed by atoms with Gasteiger partial charge in [-0.15, -0.1) is 0 Å². The van der Waals surface area contributed by atoms with Crippen molar-refractivity contribution in [3.8, 4) is 5.75 Å². The first-order valence-electron chi connectivity index (χ1n) is 6.73. The van der Waals surface area contributed by atoms with Gasteiger partial charge in [0.15, 0.2) is 5.78 Å². The van der Waals surface area contributed by atoms with Crippen molar-refractivity contribution in [1.29, 1.82) is 0 Å². The lowest BCUT2D eigenvalue weighted by Crippen LogP contribution is -2.47. The summed E-state index contributed by atoms with van der Waals surface area (Å²) in [4.78, 5) is 14.5. The standard InChI is InChI=1S/C15H21NO3/c1-3-13-11-19-8-7-16(13)10-15(17)12-5-4-6-14(9-12)18-2/h4-6,9,13H,3,7-8,10-11H2,1-2H3. The minimum absolute atomic E-state index is 0.138. The molecule has 0 saturated carbocycles. The van der Waals surface area contributed by atoms with Crippen LogP contribution in [0.15, 0.2) is 24.3 Å². The van der Waals surface area contributed by atoms with Crippen LogP contribution in [0.25, 0.3) is 0 Å². The van der Waals surface area contributed by atoms with Gasteiger partial charge < -0.3 is 9.47 Å². The molecule has 0 amide bonds. The molecule has 0 radical (unpaired) electrons. The number of ketones is 1. The topological polar surface area (TPSA) is 38.8 Å². The molecule has 0 aromatic heterocycles. The molecule has 1 unspecified atom stereocenters. The second-order valence-electron chi connectivity index (χ2n) is 4.76. The van der Waals surface area contributed by atoms with Crippen molar-refractivity contribution in [2.24, 2.45) is 0 Å². The Morgan fingerprint density at radius 3 is 3.11 bits per heavy atom. The van der Waals surface area contributed by atoms with Gasteiger partial charge in [-0.3, -0.25) is 9.69 Å². The van der Waals surface area contributed by atoms with E-state index >= 15 is 0 Å². The van der Waals surface area contributed by atoms with E-state index < -0.39 is 0 Å². The summed E-state index contributed by atoms with van der Waals surface area (Å²) in [6.45, 7) is 4.84. The summed E-state index contributed by atoms with van der Waals surface area (Å²) < 4.78 is 10.6. The molecule has 0 spiro atoms. The number of carbonyl (C=O) groups excluding carboxylic acids is 1. The average Bonchev–Trinajstić information content (AvgIpc) is 2.47. The van der Waals surface area contributed by atoms with Gasteiger partial charge in [-0.2, -0.15) is 0 Å². The Labute approximate surface area is 114 Å². The second-order valence-corrected chi connectivity index (χ2v) is 4.76. The molecule has 2 rings (SSSR count). The van der Waals surface area contributed by atoms with Gasteiger partial charge in [0.25, 0.3) is 0 Å². The highest BCUT2D eigenvalue weighted by atomic mass is 16.5. The van der Waals surface area contributed by atoms with Gasteiger partial charge in [-0.05, 0) is 18.6 Å². The molecule has 1 aliphatic rings. The van der Waals surface area contributed by atoms with Crippen molar-refractivity contribution in [3.05, 3.63) is 29.8 Å². The Bertz CT molecular complexity index is 433. The fraction of sp³-hybridized carbons (Fsp3) is 0.533. The quantitative estimate of drug-likeness (QED) is 0.762. The zero-order valence-electron chi connectivity index (χ0n) is 11.6. The molecule has 0 bridgehead atoms. The maximum atomic E-state index is 12.3. The summed E-state index contributed by atoms with van der Waals surface area (Å²) in [5, 5.41) is 0. The van der Waals surface area contributed by atoms with Crippen LogP contribution in [0.1, 0.15) is 23.7 Å². The van der Waals surface area contributed by atoms with Crippen LogP contribution in [-0.4, -0.2) is 50.1 Å². The first kappa shape index (κ1) is 14.0. The minimum atomic E-state index is 0.138. The highest BCUT2D eigenvalue weighted by Gasteiger charge is 2.23. The van der Waals surface area contributed by atoms with Crippen molar-refractivity contribution in [2.45, 2.75) is 19.4 Å². The van der Waals surface area contributed by atoms with E-state index in [0.717, 1.165) is 25.3 Å². The zero-order chi connectivity index (χ0) is 13.7. The van der Waals surface area contributed by atoms with Crippen LogP contribution < -0.4 is 4.74 Å². The Morgan fingerprint density at radius 1 is 1.53 bits per heavy atom. The van der Waals surface area contributed by atoms with Gasteiger partial charge in [0, 0.05) is 18.2 Å². The number of nitrogens with zero attached hydrogens (tertiary/aromatic N) is 1. The molecule has 1 fully saturated rings. The van der Waals surface area contributed by atoms with E-state index in [9.17, 15) is 4.79 Å². The summed E-state index contributed by atoms with van der Waals surface area (Å²) in [6, 6.07) is 7.68. The van der Waals surface area contributed by atoms with Gasteiger partial charge in [-0.1, -0.05) is 19.1 Å². The molecular weight excluding hydrogens is 242 g/mol. The van der Waals surface area contributed by atoms with Crippen LogP contribution in [0.2, 0.25) is 0 Å². The molecule has 1 saturated heterocycles. The Morgan fingerprint density at radius 2 is 2.37 bits per heavy atom. The van der Waals surface area contributed by atoms with Crippen LogP contribution in [0, 0.1) is 0 Å². The monoisotopic (exact) mass is 263 g/mol. The van der Waals surface area contributed by atoms with Crippen molar-refractivity contribution in [2.75, 3.05) is 33.4 Å². The number of carbonyl (C=O) groups is 1. The molecule has 104 valence electrons. The van der Waals surface area contributed by atoms with Crippen LogP contribution >= 0.6 is 0 Å². The van der Waals surface area contributed by atoms with Crippen molar-refractivity contribution in [3.63, 3.8) is 0 Å². The first-order chi connectivity index (χ1) is 9.24.